The first-order valence-electron chi connectivity index (χ1n) is 9.95. The normalized spacial score (nSPS) is 20.6. The number of ether oxygens (including phenoxy) is 1. The molecule has 2 N–H and O–H groups in total. The van der Waals surface area contributed by atoms with Gasteiger partial charge in [0.1, 0.15) is 0 Å². The number of nitrogens with one attached hydrogen (secondary N) is 2. The maximum Gasteiger partial charge on any atom is 0.319 e. The number of piperidine rings is 1. The molecule has 1 aromatic carbocycles. The Morgan fingerprint density at radius 2 is 2.11 bits per heavy atom. The zero-order valence-electron chi connectivity index (χ0n) is 16.6. The molecule has 0 bridgehead atoms. The first-order valence-corrected chi connectivity index (χ1v) is 9.95. The molecule has 2 fully saturated rings. The van der Waals surface area contributed by atoms with Crippen LogP contribution in [0.5, 0.6) is 5.88 Å². The van der Waals surface area contributed by atoms with Crippen LogP contribution in [-0.4, -0.2) is 41.2 Å². The lowest BCUT2D eigenvalue weighted by Crippen LogP contribution is -2.51. The summed E-state index contributed by atoms with van der Waals surface area (Å²) in [5, 5.41) is 6.06. The summed E-state index contributed by atoms with van der Waals surface area (Å²) in [6.45, 7) is 3.92. The van der Waals surface area contributed by atoms with Crippen LogP contribution in [0.3, 0.4) is 0 Å². The number of pyridine rings is 1. The van der Waals surface area contributed by atoms with Gasteiger partial charge in [-0.2, -0.15) is 0 Å². The van der Waals surface area contributed by atoms with E-state index >= 15 is 0 Å². The molecule has 1 atom stereocenters. The van der Waals surface area contributed by atoms with Crippen LogP contribution in [-0.2, 0) is 6.54 Å². The molecule has 6 heteroatoms. The number of benzene rings is 1. The second-order valence-corrected chi connectivity index (χ2v) is 7.97. The number of urea groups is 1. The van der Waals surface area contributed by atoms with Crippen molar-refractivity contribution in [1.29, 1.82) is 0 Å². The Morgan fingerprint density at radius 1 is 1.32 bits per heavy atom. The lowest BCUT2D eigenvalue weighted by atomic mass is 9.94. The zero-order chi connectivity index (χ0) is 19.6. The van der Waals surface area contributed by atoms with E-state index in [1.54, 1.807) is 13.3 Å². The fraction of sp³-hybridized carbons (Fsp3) is 0.455. The SMILES string of the molecule is COc1ncc(NC(=O)NC2CCN(Cc3ccccc3)C3(CC3)C2)cc1C. The summed E-state index contributed by atoms with van der Waals surface area (Å²) in [4.78, 5) is 19.3. The predicted octanol–water partition coefficient (Wildman–Crippen LogP) is 3.72. The van der Waals surface area contributed by atoms with E-state index in [9.17, 15) is 4.79 Å². The summed E-state index contributed by atoms with van der Waals surface area (Å²) in [6.07, 6.45) is 6.06. The van der Waals surface area contributed by atoms with Crippen LogP contribution in [0.25, 0.3) is 0 Å². The molecule has 4 rings (SSSR count). The molecule has 1 spiro atoms. The minimum absolute atomic E-state index is 0.163. The van der Waals surface area contributed by atoms with Gasteiger partial charge in [0.05, 0.1) is 19.0 Å². The van der Waals surface area contributed by atoms with Gasteiger partial charge in [-0.3, -0.25) is 4.90 Å². The van der Waals surface area contributed by atoms with Crippen LogP contribution in [0, 0.1) is 6.92 Å². The number of likely N-dealkylation sites (tertiary alicyclic amines) is 1. The molecule has 2 heterocycles. The number of nitrogens with zero attached hydrogens (tertiary/aromatic N) is 2. The quantitative estimate of drug-likeness (QED) is 0.830. The Kier molecular flexibility index (Phi) is 5.22. The smallest absolute Gasteiger partial charge is 0.319 e. The van der Waals surface area contributed by atoms with Crippen molar-refractivity contribution in [3.05, 3.63) is 53.7 Å². The highest BCUT2D eigenvalue weighted by atomic mass is 16.5. The summed E-state index contributed by atoms with van der Waals surface area (Å²) < 4.78 is 5.16. The van der Waals surface area contributed by atoms with E-state index in [4.69, 9.17) is 4.74 Å². The highest BCUT2D eigenvalue weighted by molar-refractivity contribution is 5.89. The Bertz CT molecular complexity index is 836. The van der Waals surface area contributed by atoms with Gasteiger partial charge in [0.15, 0.2) is 0 Å². The number of hydrogen-bond donors (Lipinski definition) is 2. The van der Waals surface area contributed by atoms with Gasteiger partial charge in [0.2, 0.25) is 5.88 Å². The summed E-state index contributed by atoms with van der Waals surface area (Å²) in [5.74, 6) is 0.576. The molecular formula is C22H28N4O2. The highest BCUT2D eigenvalue weighted by Gasteiger charge is 2.51. The van der Waals surface area contributed by atoms with Crippen LogP contribution >= 0.6 is 0 Å². The molecule has 1 saturated heterocycles. The molecule has 2 aliphatic rings. The molecule has 0 radical (unpaired) electrons. The molecule has 1 aromatic heterocycles. The Morgan fingerprint density at radius 3 is 2.79 bits per heavy atom. The second kappa shape index (κ2) is 7.80. The first-order chi connectivity index (χ1) is 13.6. The number of aryl methyl sites for hydroxylation is 1. The lowest BCUT2D eigenvalue weighted by Gasteiger charge is -2.40. The lowest BCUT2D eigenvalue weighted by molar-refractivity contribution is 0.102. The summed E-state index contributed by atoms with van der Waals surface area (Å²) in [5.41, 5.74) is 3.20. The van der Waals surface area contributed by atoms with E-state index in [0.29, 0.717) is 11.6 Å². The van der Waals surface area contributed by atoms with Crippen molar-refractivity contribution >= 4 is 11.7 Å². The van der Waals surface area contributed by atoms with Crippen molar-refractivity contribution in [2.24, 2.45) is 0 Å². The van der Waals surface area contributed by atoms with Crippen molar-refractivity contribution in [2.75, 3.05) is 19.0 Å². The molecule has 1 saturated carbocycles. The van der Waals surface area contributed by atoms with E-state index in [-0.39, 0.29) is 17.6 Å². The van der Waals surface area contributed by atoms with E-state index in [1.165, 1.54) is 18.4 Å². The van der Waals surface area contributed by atoms with Gasteiger partial charge in [0, 0.05) is 30.2 Å². The van der Waals surface area contributed by atoms with Gasteiger partial charge >= 0.3 is 6.03 Å². The van der Waals surface area contributed by atoms with E-state index < -0.39 is 0 Å². The summed E-state index contributed by atoms with van der Waals surface area (Å²) >= 11 is 0. The molecule has 28 heavy (non-hydrogen) atoms. The molecule has 1 aliphatic carbocycles. The van der Waals surface area contributed by atoms with Crippen molar-refractivity contribution in [2.45, 2.75) is 50.7 Å². The van der Waals surface area contributed by atoms with Crippen LogP contribution < -0.4 is 15.4 Å². The number of carbonyl (C=O) groups is 1. The number of amides is 2. The van der Waals surface area contributed by atoms with E-state index in [0.717, 1.165) is 31.5 Å². The maximum atomic E-state index is 12.5. The van der Waals surface area contributed by atoms with Gasteiger partial charge in [-0.25, -0.2) is 9.78 Å². The molecule has 1 aliphatic heterocycles. The van der Waals surface area contributed by atoms with Crippen LogP contribution in [0.2, 0.25) is 0 Å². The average Bonchev–Trinajstić information content (AvgIpc) is 3.45. The van der Waals surface area contributed by atoms with Crippen molar-refractivity contribution < 1.29 is 9.53 Å². The first kappa shape index (κ1) is 18.7. The molecule has 2 amide bonds. The Labute approximate surface area is 166 Å². The van der Waals surface area contributed by atoms with E-state index in [1.807, 2.05) is 13.0 Å². The van der Waals surface area contributed by atoms with Crippen molar-refractivity contribution in [1.82, 2.24) is 15.2 Å². The molecule has 2 aromatic rings. The van der Waals surface area contributed by atoms with Gasteiger partial charge in [-0.15, -0.1) is 0 Å². The van der Waals surface area contributed by atoms with Gasteiger partial charge in [-0.05, 0) is 44.2 Å². The fourth-order valence-corrected chi connectivity index (χ4v) is 4.27. The number of anilines is 1. The van der Waals surface area contributed by atoms with Crippen molar-refractivity contribution in [3.8, 4) is 5.88 Å². The third-order valence-corrected chi connectivity index (χ3v) is 5.90. The van der Waals surface area contributed by atoms with Gasteiger partial charge in [0.25, 0.3) is 0 Å². The molecule has 1 unspecified atom stereocenters. The summed E-state index contributed by atoms with van der Waals surface area (Å²) in [6, 6.07) is 12.6. The third-order valence-electron chi connectivity index (χ3n) is 5.90. The standard InChI is InChI=1S/C22H28N4O2/c1-16-12-19(14-23-20(16)28-2)25-21(27)24-18-8-11-26(22(13-18)9-10-22)15-17-6-4-3-5-7-17/h3-7,12,14,18H,8-11,13,15H2,1-2H3,(H2,24,25,27). The minimum atomic E-state index is -0.163. The Balaban J connectivity index is 1.32. The minimum Gasteiger partial charge on any atom is -0.481 e. The molecule has 6 nitrogen and oxygen atoms in total. The number of methoxy groups -OCH3 is 1. The topological polar surface area (TPSA) is 66.5 Å². The van der Waals surface area contributed by atoms with Crippen molar-refractivity contribution in [3.63, 3.8) is 0 Å². The molecule has 148 valence electrons. The molecular weight excluding hydrogens is 352 g/mol. The second-order valence-electron chi connectivity index (χ2n) is 7.97. The third kappa shape index (κ3) is 4.12. The largest absolute Gasteiger partial charge is 0.481 e. The summed E-state index contributed by atoms with van der Waals surface area (Å²) in [7, 11) is 1.59. The number of aromatic nitrogens is 1. The highest BCUT2D eigenvalue weighted by Crippen LogP contribution is 2.48. The van der Waals surface area contributed by atoms with Gasteiger partial charge in [-0.1, -0.05) is 30.3 Å². The Hall–Kier alpha value is -2.60. The fourth-order valence-electron chi connectivity index (χ4n) is 4.27. The monoisotopic (exact) mass is 380 g/mol. The predicted molar refractivity (Wildman–Crippen MR) is 110 cm³/mol. The van der Waals surface area contributed by atoms with Crippen LogP contribution in [0.1, 0.15) is 36.8 Å². The average molecular weight is 380 g/mol. The number of carbonyl (C=O) groups excluding carboxylic acids is 1. The number of hydrogen-bond acceptors (Lipinski definition) is 4. The van der Waals surface area contributed by atoms with Gasteiger partial charge < -0.3 is 15.4 Å². The number of rotatable bonds is 5. The van der Waals surface area contributed by atoms with Crippen LogP contribution in [0.4, 0.5) is 10.5 Å². The van der Waals surface area contributed by atoms with E-state index in [2.05, 4.69) is 50.8 Å². The van der Waals surface area contributed by atoms with Crippen LogP contribution in [0.15, 0.2) is 42.6 Å². The zero-order valence-corrected chi connectivity index (χ0v) is 16.6. The maximum absolute atomic E-state index is 12.5.